The first-order valence-corrected chi connectivity index (χ1v) is 7.19. The van der Waals surface area contributed by atoms with Crippen LogP contribution in [0.4, 0.5) is 5.82 Å². The first-order valence-electron chi connectivity index (χ1n) is 7.19. The largest absolute Gasteiger partial charge is 0.354 e. The zero-order chi connectivity index (χ0) is 13.8. The lowest BCUT2D eigenvalue weighted by Crippen LogP contribution is -2.34. The van der Waals surface area contributed by atoms with Crippen LogP contribution in [0.2, 0.25) is 0 Å². The molecule has 4 heteroatoms. The van der Waals surface area contributed by atoms with E-state index < -0.39 is 0 Å². The van der Waals surface area contributed by atoms with Crippen molar-refractivity contribution in [3.05, 3.63) is 23.9 Å². The summed E-state index contributed by atoms with van der Waals surface area (Å²) in [7, 11) is 4.34. The Balaban J connectivity index is 2.14. The minimum atomic E-state index is 0.619. The minimum absolute atomic E-state index is 0.619. The summed E-state index contributed by atoms with van der Waals surface area (Å²) < 4.78 is 0. The molecule has 0 saturated carbocycles. The summed E-state index contributed by atoms with van der Waals surface area (Å²) in [6, 6.07) is 4.83. The van der Waals surface area contributed by atoms with E-state index >= 15 is 0 Å². The number of nitrogens with one attached hydrogen (secondary N) is 1. The fourth-order valence-corrected chi connectivity index (χ4v) is 2.91. The summed E-state index contributed by atoms with van der Waals surface area (Å²) in [6.07, 6.45) is 1.90. The molecule has 1 saturated heterocycles. The molecule has 19 heavy (non-hydrogen) atoms. The number of hydrogen-bond acceptors (Lipinski definition) is 4. The Bertz CT molecular complexity index is 405. The van der Waals surface area contributed by atoms with Crippen LogP contribution in [0.25, 0.3) is 0 Å². The molecule has 1 aromatic heterocycles. The Morgan fingerprint density at radius 1 is 1.42 bits per heavy atom. The fourth-order valence-electron chi connectivity index (χ4n) is 2.91. The monoisotopic (exact) mass is 262 g/mol. The number of likely N-dealkylation sites (N-methyl/N-ethyl adjacent to an activating group) is 1. The van der Waals surface area contributed by atoms with Gasteiger partial charge < -0.3 is 15.1 Å². The van der Waals surface area contributed by atoms with Gasteiger partial charge in [0.1, 0.15) is 5.82 Å². The Morgan fingerprint density at radius 2 is 2.21 bits per heavy atom. The second-order valence-electron chi connectivity index (χ2n) is 5.68. The second kappa shape index (κ2) is 6.35. The molecule has 1 fully saturated rings. The van der Waals surface area contributed by atoms with E-state index in [2.05, 4.69) is 54.1 Å². The summed E-state index contributed by atoms with van der Waals surface area (Å²) in [6.45, 7) is 8.53. The topological polar surface area (TPSA) is 31.4 Å². The van der Waals surface area contributed by atoms with Crippen LogP contribution in [0, 0.1) is 5.92 Å². The quantitative estimate of drug-likeness (QED) is 0.873. The van der Waals surface area contributed by atoms with Gasteiger partial charge in [-0.05, 0) is 32.6 Å². The molecule has 1 aliphatic heterocycles. The molecule has 2 heterocycles. The Hall–Kier alpha value is -1.13. The van der Waals surface area contributed by atoms with Crippen molar-refractivity contribution in [1.82, 2.24) is 15.2 Å². The molecule has 1 aromatic rings. The maximum absolute atomic E-state index is 4.61. The number of nitrogens with zero attached hydrogens (tertiary/aromatic N) is 3. The van der Waals surface area contributed by atoms with E-state index in [4.69, 9.17) is 0 Å². The van der Waals surface area contributed by atoms with Crippen molar-refractivity contribution >= 4 is 5.82 Å². The summed E-state index contributed by atoms with van der Waals surface area (Å²) >= 11 is 0. The number of hydrogen-bond donors (Lipinski definition) is 1. The van der Waals surface area contributed by atoms with Crippen molar-refractivity contribution < 1.29 is 0 Å². The van der Waals surface area contributed by atoms with Crippen LogP contribution in [-0.4, -0.2) is 49.7 Å². The Morgan fingerprint density at radius 3 is 2.84 bits per heavy atom. The van der Waals surface area contributed by atoms with Crippen LogP contribution in [0.5, 0.6) is 0 Å². The van der Waals surface area contributed by atoms with Gasteiger partial charge in [0.2, 0.25) is 0 Å². The highest BCUT2D eigenvalue weighted by Gasteiger charge is 2.32. The molecule has 0 aromatic carbocycles. The molecule has 0 radical (unpaired) electrons. The van der Waals surface area contributed by atoms with Gasteiger partial charge in [-0.2, -0.15) is 0 Å². The average Bonchev–Trinajstić information content (AvgIpc) is 2.79. The highest BCUT2D eigenvalue weighted by molar-refractivity contribution is 5.48. The Labute approximate surface area is 116 Å². The molecule has 0 bridgehead atoms. The number of pyridine rings is 1. The van der Waals surface area contributed by atoms with E-state index in [-0.39, 0.29) is 0 Å². The molecule has 106 valence electrons. The lowest BCUT2D eigenvalue weighted by molar-refractivity contribution is 0.266. The molecule has 2 atom stereocenters. The van der Waals surface area contributed by atoms with Crippen LogP contribution >= 0.6 is 0 Å². The van der Waals surface area contributed by atoms with E-state index in [0.717, 1.165) is 32.0 Å². The number of anilines is 1. The van der Waals surface area contributed by atoms with Gasteiger partial charge in [0.25, 0.3) is 0 Å². The standard InChI is InChI=1S/C15H26N4/c1-5-16-9-13-7-6-8-17-15(13)19-10-12(2)14(11-19)18(3)4/h6-8,12,14,16H,5,9-11H2,1-4H3. The van der Waals surface area contributed by atoms with Crippen molar-refractivity contribution in [1.29, 1.82) is 0 Å². The number of rotatable bonds is 5. The van der Waals surface area contributed by atoms with Crippen molar-refractivity contribution in [3.63, 3.8) is 0 Å². The second-order valence-corrected chi connectivity index (χ2v) is 5.68. The van der Waals surface area contributed by atoms with Gasteiger partial charge in [0.05, 0.1) is 0 Å². The SMILES string of the molecule is CCNCc1cccnc1N1CC(C)C(N(C)C)C1. The van der Waals surface area contributed by atoms with Crippen LogP contribution in [0.3, 0.4) is 0 Å². The number of aromatic nitrogens is 1. The smallest absolute Gasteiger partial charge is 0.133 e. The van der Waals surface area contributed by atoms with Crippen LogP contribution in [0.15, 0.2) is 18.3 Å². The third-order valence-electron chi connectivity index (χ3n) is 3.97. The van der Waals surface area contributed by atoms with Crippen molar-refractivity contribution in [2.75, 3.05) is 38.6 Å². The normalized spacial score (nSPS) is 23.3. The summed E-state index contributed by atoms with van der Waals surface area (Å²) in [4.78, 5) is 9.37. The first kappa shape index (κ1) is 14.3. The molecular formula is C15H26N4. The van der Waals surface area contributed by atoms with Crippen molar-refractivity contribution in [2.24, 2.45) is 5.92 Å². The van der Waals surface area contributed by atoms with Crippen molar-refractivity contribution in [2.45, 2.75) is 26.4 Å². The fraction of sp³-hybridized carbons (Fsp3) is 0.667. The molecule has 4 nitrogen and oxygen atoms in total. The van der Waals surface area contributed by atoms with Gasteiger partial charge in [-0.3, -0.25) is 0 Å². The minimum Gasteiger partial charge on any atom is -0.354 e. The molecule has 0 amide bonds. The van der Waals surface area contributed by atoms with E-state index in [1.54, 1.807) is 0 Å². The maximum atomic E-state index is 4.61. The van der Waals surface area contributed by atoms with Gasteiger partial charge >= 0.3 is 0 Å². The lowest BCUT2D eigenvalue weighted by atomic mass is 10.1. The molecule has 0 aliphatic carbocycles. The van der Waals surface area contributed by atoms with Gasteiger partial charge in [-0.25, -0.2) is 4.98 Å². The lowest BCUT2D eigenvalue weighted by Gasteiger charge is -2.23. The third kappa shape index (κ3) is 3.25. The predicted molar refractivity (Wildman–Crippen MR) is 80.5 cm³/mol. The van der Waals surface area contributed by atoms with Crippen molar-refractivity contribution in [3.8, 4) is 0 Å². The third-order valence-corrected chi connectivity index (χ3v) is 3.97. The highest BCUT2D eigenvalue weighted by atomic mass is 15.3. The molecule has 0 spiro atoms. The van der Waals surface area contributed by atoms with Crippen LogP contribution in [0.1, 0.15) is 19.4 Å². The zero-order valence-corrected chi connectivity index (χ0v) is 12.6. The Kier molecular flexibility index (Phi) is 4.77. The van der Waals surface area contributed by atoms with Gasteiger partial charge in [-0.1, -0.05) is 19.9 Å². The summed E-state index contributed by atoms with van der Waals surface area (Å²) in [5.74, 6) is 1.84. The molecular weight excluding hydrogens is 236 g/mol. The van der Waals surface area contributed by atoms with Crippen LogP contribution in [-0.2, 0) is 6.54 Å². The zero-order valence-electron chi connectivity index (χ0n) is 12.6. The van der Waals surface area contributed by atoms with Crippen LogP contribution < -0.4 is 10.2 Å². The predicted octanol–water partition coefficient (Wildman–Crippen LogP) is 1.58. The summed E-state index contributed by atoms with van der Waals surface area (Å²) in [5, 5.41) is 3.40. The molecule has 1 N–H and O–H groups in total. The van der Waals surface area contributed by atoms with E-state index in [1.807, 2.05) is 12.3 Å². The van der Waals surface area contributed by atoms with Gasteiger partial charge in [0.15, 0.2) is 0 Å². The molecule has 1 aliphatic rings. The first-order chi connectivity index (χ1) is 9.13. The van der Waals surface area contributed by atoms with E-state index in [0.29, 0.717) is 12.0 Å². The molecule has 2 unspecified atom stereocenters. The van der Waals surface area contributed by atoms with E-state index in [9.17, 15) is 0 Å². The molecule has 2 rings (SSSR count). The maximum Gasteiger partial charge on any atom is 0.133 e. The average molecular weight is 262 g/mol. The van der Waals surface area contributed by atoms with E-state index in [1.165, 1.54) is 5.56 Å². The van der Waals surface area contributed by atoms with Gasteiger partial charge in [-0.15, -0.1) is 0 Å². The summed E-state index contributed by atoms with van der Waals surface area (Å²) in [5.41, 5.74) is 1.30. The van der Waals surface area contributed by atoms with Gasteiger partial charge in [0, 0.05) is 37.4 Å². The highest BCUT2D eigenvalue weighted by Crippen LogP contribution is 2.26.